The average molecular weight is 387 g/mol. The molecule has 2 rings (SSSR count). The van der Waals surface area contributed by atoms with Crippen molar-refractivity contribution in [3.05, 3.63) is 22.8 Å². The largest absolute Gasteiger partial charge is 0.330 e. The van der Waals surface area contributed by atoms with E-state index in [9.17, 15) is 0 Å². The van der Waals surface area contributed by atoms with Crippen LogP contribution in [0.15, 0.2) is 6.07 Å². The van der Waals surface area contributed by atoms with E-state index in [-0.39, 0.29) is 0 Å². The zero-order valence-corrected chi connectivity index (χ0v) is 18.7. The van der Waals surface area contributed by atoms with E-state index in [2.05, 4.69) is 49.2 Å². The van der Waals surface area contributed by atoms with Gasteiger partial charge in [-0.1, -0.05) is 79.1 Å². The van der Waals surface area contributed by atoms with Crippen LogP contribution in [-0.4, -0.2) is 22.0 Å². The fourth-order valence-corrected chi connectivity index (χ4v) is 4.49. The van der Waals surface area contributed by atoms with E-state index in [0.29, 0.717) is 6.54 Å². The van der Waals surface area contributed by atoms with Crippen LogP contribution in [0.1, 0.15) is 95.8 Å². The maximum Gasteiger partial charge on any atom is 0.116 e. The molecule has 28 heavy (non-hydrogen) atoms. The van der Waals surface area contributed by atoms with Crippen molar-refractivity contribution in [1.82, 2.24) is 15.4 Å². The van der Waals surface area contributed by atoms with Crippen LogP contribution in [0, 0.1) is 11.8 Å². The molecule has 4 nitrogen and oxygen atoms in total. The number of hydrogen-bond donors (Lipinski definition) is 2. The Morgan fingerprint density at radius 3 is 2.11 bits per heavy atom. The van der Waals surface area contributed by atoms with Gasteiger partial charge in [0.1, 0.15) is 11.0 Å². The number of hydrogen-bond acceptors (Lipinski definition) is 3. The molecule has 1 heterocycles. The molecule has 2 aromatic rings. The normalized spacial score (nSPS) is 13.9. The molecule has 0 saturated carbocycles. The van der Waals surface area contributed by atoms with Gasteiger partial charge in [-0.25, -0.2) is 0 Å². The van der Waals surface area contributed by atoms with Crippen LogP contribution in [0.3, 0.4) is 0 Å². The van der Waals surface area contributed by atoms with E-state index >= 15 is 0 Å². The van der Waals surface area contributed by atoms with Crippen molar-refractivity contribution in [2.45, 2.75) is 98.3 Å². The van der Waals surface area contributed by atoms with Crippen LogP contribution in [0.2, 0.25) is 0 Å². The number of rotatable bonds is 14. The number of nitrogens with one attached hydrogen (secondary N) is 1. The van der Waals surface area contributed by atoms with Gasteiger partial charge in [-0.05, 0) is 60.4 Å². The van der Waals surface area contributed by atoms with Crippen molar-refractivity contribution in [3.63, 3.8) is 0 Å². The molecule has 0 aliphatic rings. The van der Waals surface area contributed by atoms with Crippen molar-refractivity contribution in [1.29, 1.82) is 0 Å². The fraction of sp³-hybridized carbons (Fsp3) is 0.750. The molecule has 2 atom stereocenters. The Morgan fingerprint density at radius 2 is 1.54 bits per heavy atom. The number of benzene rings is 1. The molecule has 4 heteroatoms. The molecular weight excluding hydrogens is 344 g/mol. The average Bonchev–Trinajstić information content (AvgIpc) is 3.18. The Balaban J connectivity index is 2.43. The Bertz CT molecular complexity index is 691. The van der Waals surface area contributed by atoms with Gasteiger partial charge in [0.05, 0.1) is 0 Å². The highest BCUT2D eigenvalue weighted by atomic mass is 15.3. The van der Waals surface area contributed by atoms with Crippen molar-refractivity contribution in [2.75, 3.05) is 6.54 Å². The van der Waals surface area contributed by atoms with Gasteiger partial charge in [0.15, 0.2) is 0 Å². The van der Waals surface area contributed by atoms with Crippen LogP contribution in [-0.2, 0) is 19.3 Å². The topological polar surface area (TPSA) is 67.6 Å². The molecule has 1 aromatic carbocycles. The third-order valence-electron chi connectivity index (χ3n) is 6.41. The number of unbranched alkanes of at least 4 members (excludes halogenated alkanes) is 2. The van der Waals surface area contributed by atoms with E-state index in [0.717, 1.165) is 42.1 Å². The van der Waals surface area contributed by atoms with E-state index in [1.165, 1.54) is 68.1 Å². The lowest BCUT2D eigenvalue weighted by Gasteiger charge is -2.23. The van der Waals surface area contributed by atoms with Crippen LogP contribution in [0.5, 0.6) is 0 Å². The number of nitrogens with two attached hydrogens (primary N) is 1. The lowest BCUT2D eigenvalue weighted by Crippen LogP contribution is -2.14. The standard InChI is InChI=1S/C24H42N4/c1-5-9-11-18(7-3)15-20-17-23-24(27-28-26-23)21(13-14-25)22(20)16-19(8-4)12-10-6-2/h17-19H,5-16,25H2,1-4H3,(H,26,27,28). The van der Waals surface area contributed by atoms with Gasteiger partial charge >= 0.3 is 0 Å². The third kappa shape index (κ3) is 6.04. The Morgan fingerprint density at radius 1 is 0.893 bits per heavy atom. The monoisotopic (exact) mass is 386 g/mol. The summed E-state index contributed by atoms with van der Waals surface area (Å²) < 4.78 is 0. The predicted molar refractivity (Wildman–Crippen MR) is 121 cm³/mol. The van der Waals surface area contributed by atoms with Gasteiger partial charge in [-0.15, -0.1) is 0 Å². The van der Waals surface area contributed by atoms with Crippen molar-refractivity contribution >= 4 is 11.0 Å². The highest BCUT2D eigenvalue weighted by Gasteiger charge is 2.20. The molecule has 0 saturated heterocycles. The van der Waals surface area contributed by atoms with Crippen LogP contribution in [0.4, 0.5) is 0 Å². The number of nitrogens with zero attached hydrogens (tertiary/aromatic N) is 2. The summed E-state index contributed by atoms with van der Waals surface area (Å²) >= 11 is 0. The second-order valence-electron chi connectivity index (χ2n) is 8.46. The molecule has 2 unspecified atom stereocenters. The summed E-state index contributed by atoms with van der Waals surface area (Å²) in [6, 6.07) is 2.31. The predicted octanol–water partition coefficient (Wildman–Crippen LogP) is 5.98. The zero-order valence-electron chi connectivity index (χ0n) is 18.7. The first kappa shape index (κ1) is 22.9. The smallest absolute Gasteiger partial charge is 0.116 e. The minimum Gasteiger partial charge on any atom is -0.330 e. The summed E-state index contributed by atoms with van der Waals surface area (Å²) in [7, 11) is 0. The summed E-state index contributed by atoms with van der Waals surface area (Å²) in [5.74, 6) is 1.50. The minimum absolute atomic E-state index is 0.664. The summed E-state index contributed by atoms with van der Waals surface area (Å²) in [6.45, 7) is 9.92. The molecular formula is C24H42N4. The lowest BCUT2D eigenvalue weighted by molar-refractivity contribution is 0.433. The van der Waals surface area contributed by atoms with Gasteiger partial charge in [0.2, 0.25) is 0 Å². The van der Waals surface area contributed by atoms with Gasteiger partial charge in [-0.3, -0.25) is 0 Å². The van der Waals surface area contributed by atoms with Crippen LogP contribution < -0.4 is 5.73 Å². The lowest BCUT2D eigenvalue weighted by atomic mass is 9.82. The van der Waals surface area contributed by atoms with Gasteiger partial charge < -0.3 is 5.73 Å². The Hall–Kier alpha value is -1.42. The number of aromatic amines is 1. The fourth-order valence-electron chi connectivity index (χ4n) is 4.49. The second-order valence-corrected chi connectivity index (χ2v) is 8.46. The van der Waals surface area contributed by atoms with Crippen LogP contribution >= 0.6 is 0 Å². The quantitative estimate of drug-likeness (QED) is 0.420. The Kier molecular flexibility index (Phi) is 9.97. The molecule has 0 spiro atoms. The molecule has 0 amide bonds. The van der Waals surface area contributed by atoms with E-state index in [1.807, 2.05) is 0 Å². The highest BCUT2D eigenvalue weighted by Crippen LogP contribution is 2.31. The molecule has 0 aliphatic heterocycles. The molecule has 0 aliphatic carbocycles. The molecule has 0 radical (unpaired) electrons. The van der Waals surface area contributed by atoms with Crippen molar-refractivity contribution < 1.29 is 0 Å². The molecule has 0 fully saturated rings. The first-order valence-electron chi connectivity index (χ1n) is 11.7. The molecule has 3 N–H and O–H groups in total. The highest BCUT2D eigenvalue weighted by molar-refractivity contribution is 5.80. The first-order chi connectivity index (χ1) is 13.7. The number of fused-ring (bicyclic) bond motifs is 1. The van der Waals surface area contributed by atoms with Gasteiger partial charge in [0, 0.05) is 0 Å². The second kappa shape index (κ2) is 12.2. The van der Waals surface area contributed by atoms with E-state index in [4.69, 9.17) is 5.73 Å². The number of aromatic nitrogens is 3. The third-order valence-corrected chi connectivity index (χ3v) is 6.41. The zero-order chi connectivity index (χ0) is 20.4. The van der Waals surface area contributed by atoms with Crippen LogP contribution in [0.25, 0.3) is 11.0 Å². The molecule has 1 aromatic heterocycles. The maximum absolute atomic E-state index is 6.02. The van der Waals surface area contributed by atoms with E-state index in [1.54, 1.807) is 0 Å². The first-order valence-corrected chi connectivity index (χ1v) is 11.7. The summed E-state index contributed by atoms with van der Waals surface area (Å²) in [4.78, 5) is 0. The molecule has 158 valence electrons. The van der Waals surface area contributed by atoms with E-state index < -0.39 is 0 Å². The minimum atomic E-state index is 0.664. The van der Waals surface area contributed by atoms with Crippen molar-refractivity contribution in [3.8, 4) is 0 Å². The maximum atomic E-state index is 6.02. The SMILES string of the molecule is CCCCC(CC)Cc1cc2n[nH]nc2c(CCN)c1CC(CC)CCCC. The molecule has 0 bridgehead atoms. The van der Waals surface area contributed by atoms with Gasteiger partial charge in [-0.2, -0.15) is 15.4 Å². The van der Waals surface area contributed by atoms with Gasteiger partial charge in [0.25, 0.3) is 0 Å². The summed E-state index contributed by atoms with van der Waals surface area (Å²) in [5.41, 5.74) is 12.4. The number of H-pyrrole nitrogens is 1. The summed E-state index contributed by atoms with van der Waals surface area (Å²) in [5, 5.41) is 11.8. The van der Waals surface area contributed by atoms with Crippen molar-refractivity contribution in [2.24, 2.45) is 17.6 Å². The summed E-state index contributed by atoms with van der Waals surface area (Å²) in [6.07, 6.45) is 13.5. The Labute approximate surface area is 172 Å².